The molecule has 0 radical (unpaired) electrons. The lowest BCUT2D eigenvalue weighted by Crippen LogP contribution is -2.17. The fraction of sp³-hybridized carbons (Fsp3) is 0.211. The number of nitrogens with zero attached hydrogens (tertiary/aromatic N) is 2. The van der Waals surface area contributed by atoms with Crippen molar-refractivity contribution in [1.82, 2.24) is 0 Å². The van der Waals surface area contributed by atoms with Gasteiger partial charge in [0.05, 0.1) is 11.3 Å². The Kier molecular flexibility index (Phi) is 6.25. The summed E-state index contributed by atoms with van der Waals surface area (Å²) in [4.78, 5) is 21.6. The van der Waals surface area contributed by atoms with Gasteiger partial charge in [-0.05, 0) is 24.6 Å². The van der Waals surface area contributed by atoms with Crippen molar-refractivity contribution in [2.45, 2.75) is 19.7 Å². The van der Waals surface area contributed by atoms with E-state index in [0.29, 0.717) is 11.1 Å². The standard InChI is InChI=1S/C19H17F3N2O4/c1-12(13-7-5-8-15(10-13)19(20,21)22)23-28-11-14-6-3-4-9-16(14)17(18(25)26)24-27-2/h3-10H,11H2,1-2H3,(H,25,26)/i/hD. The molecule has 2 aromatic rings. The molecule has 0 atom stereocenters. The van der Waals surface area contributed by atoms with Crippen molar-refractivity contribution >= 4 is 17.4 Å². The summed E-state index contributed by atoms with van der Waals surface area (Å²) in [7, 11) is 1.24. The Labute approximate surface area is 160 Å². The molecule has 0 heterocycles. The number of hydrogen-bond acceptors (Lipinski definition) is 6. The largest absolute Gasteiger partial charge is 0.476 e. The molecule has 0 aliphatic carbocycles. The van der Waals surface area contributed by atoms with Crippen molar-refractivity contribution in [2.75, 3.05) is 7.11 Å². The van der Waals surface area contributed by atoms with E-state index >= 15 is 0 Å². The van der Waals surface area contributed by atoms with E-state index in [9.17, 15) is 18.0 Å². The average Bonchev–Trinajstić information content (AvgIpc) is 2.71. The van der Waals surface area contributed by atoms with Gasteiger partial charge < -0.3 is 14.8 Å². The van der Waals surface area contributed by atoms with Gasteiger partial charge in [0.2, 0.25) is 0 Å². The maximum Gasteiger partial charge on any atom is 0.416 e. The van der Waals surface area contributed by atoms with Gasteiger partial charge in [-0.15, -0.1) is 0 Å². The Morgan fingerprint density at radius 2 is 1.93 bits per heavy atom. The number of carboxylic acid groups (broad SMARTS) is 1. The zero-order valence-electron chi connectivity index (χ0n) is 16.0. The van der Waals surface area contributed by atoms with Crippen molar-refractivity contribution in [2.24, 2.45) is 10.3 Å². The lowest BCUT2D eigenvalue weighted by Gasteiger charge is -2.10. The van der Waals surface area contributed by atoms with Gasteiger partial charge in [0.1, 0.15) is 13.7 Å². The van der Waals surface area contributed by atoms with Crippen LogP contribution in [0.25, 0.3) is 1.43 Å². The van der Waals surface area contributed by atoms with Crippen LogP contribution >= 0.6 is 0 Å². The highest BCUT2D eigenvalue weighted by Gasteiger charge is 2.30. The Morgan fingerprint density at radius 3 is 2.61 bits per heavy atom. The second-order valence-corrected chi connectivity index (χ2v) is 5.60. The molecule has 0 amide bonds. The van der Waals surface area contributed by atoms with E-state index in [0.717, 1.165) is 12.1 Å². The van der Waals surface area contributed by atoms with E-state index in [2.05, 4.69) is 20.3 Å². The van der Waals surface area contributed by atoms with E-state index in [4.69, 9.17) is 6.27 Å². The predicted octanol–water partition coefficient (Wildman–Crippen LogP) is 4.08. The molecule has 0 aliphatic rings. The van der Waals surface area contributed by atoms with Crippen LogP contribution in [0.5, 0.6) is 0 Å². The number of carboxylic acids is 1. The third-order valence-electron chi connectivity index (χ3n) is 3.68. The summed E-state index contributed by atoms with van der Waals surface area (Å²) < 4.78 is 45.3. The average molecular weight is 395 g/mol. The van der Waals surface area contributed by atoms with Crippen LogP contribution in [0.4, 0.5) is 13.2 Å². The molecule has 2 aromatic carbocycles. The van der Waals surface area contributed by atoms with E-state index in [1.54, 1.807) is 24.3 Å². The molecule has 0 fully saturated rings. The molecule has 0 aliphatic heterocycles. The lowest BCUT2D eigenvalue weighted by atomic mass is 10.0. The summed E-state index contributed by atoms with van der Waals surface area (Å²) in [5.74, 6) is -1.03. The quantitative estimate of drug-likeness (QED) is 0.566. The van der Waals surface area contributed by atoms with Crippen LogP contribution in [-0.4, -0.2) is 29.6 Å². The van der Waals surface area contributed by atoms with Crippen LogP contribution in [0.2, 0.25) is 0 Å². The fourth-order valence-electron chi connectivity index (χ4n) is 2.34. The Morgan fingerprint density at radius 1 is 1.18 bits per heavy atom. The van der Waals surface area contributed by atoms with Crippen molar-refractivity contribution in [3.05, 3.63) is 70.8 Å². The minimum atomic E-state index is -4.46. The van der Waals surface area contributed by atoms with E-state index in [1.807, 2.05) is 0 Å². The Balaban J connectivity index is 2.21. The number of benzene rings is 2. The third-order valence-corrected chi connectivity index (χ3v) is 3.68. The van der Waals surface area contributed by atoms with E-state index < -0.39 is 17.7 Å². The highest BCUT2D eigenvalue weighted by Crippen LogP contribution is 2.29. The normalized spacial score (nSPS) is 13.0. The van der Waals surface area contributed by atoms with Gasteiger partial charge in [0, 0.05) is 11.1 Å². The van der Waals surface area contributed by atoms with Gasteiger partial charge in [-0.1, -0.05) is 46.7 Å². The zero-order chi connectivity index (χ0) is 21.4. The molecule has 1 N–H and O–H groups in total. The van der Waals surface area contributed by atoms with Crippen LogP contribution in [0.3, 0.4) is 0 Å². The molecular formula is C19H17F3N2O4. The molecule has 0 unspecified atom stereocenters. The summed E-state index contributed by atoms with van der Waals surface area (Å²) >= 11 is 0. The van der Waals surface area contributed by atoms with Crippen molar-refractivity contribution < 1.29 is 32.7 Å². The van der Waals surface area contributed by atoms with E-state index in [-0.39, 0.29) is 23.6 Å². The first-order valence-electron chi connectivity index (χ1n) is 8.39. The van der Waals surface area contributed by atoms with Gasteiger partial charge >= 0.3 is 12.1 Å². The molecule has 0 spiro atoms. The molecule has 0 aromatic heterocycles. The number of rotatable bonds is 7. The highest BCUT2D eigenvalue weighted by molar-refractivity contribution is 6.42. The van der Waals surface area contributed by atoms with Crippen LogP contribution in [0.1, 0.15) is 29.2 Å². The van der Waals surface area contributed by atoms with Crippen molar-refractivity contribution in [3.63, 3.8) is 0 Å². The topological polar surface area (TPSA) is 80.5 Å². The Hall–Kier alpha value is -3.36. The molecular weight excluding hydrogens is 377 g/mol. The summed E-state index contributed by atoms with van der Waals surface area (Å²) in [6.45, 7) is 1.40. The zero-order valence-corrected chi connectivity index (χ0v) is 15.0. The van der Waals surface area contributed by atoms with Gasteiger partial charge in [0.25, 0.3) is 1.43 Å². The number of alkyl halides is 3. The maximum atomic E-state index is 12.8. The molecule has 2 rings (SSSR count). The van der Waals surface area contributed by atoms with Gasteiger partial charge in [-0.25, -0.2) is 4.79 Å². The second kappa shape index (κ2) is 9.03. The molecule has 0 saturated heterocycles. The smallest absolute Gasteiger partial charge is 0.416 e. The number of oxime groups is 2. The van der Waals surface area contributed by atoms with E-state index in [1.165, 1.54) is 26.2 Å². The summed E-state index contributed by atoms with van der Waals surface area (Å²) in [5.41, 5.74) is 0.259. The Bertz CT molecular complexity index is 930. The number of aliphatic carboxylic acids is 1. The molecule has 6 nitrogen and oxygen atoms in total. The third kappa shape index (κ3) is 5.32. The van der Waals surface area contributed by atoms with Gasteiger partial charge in [-0.3, -0.25) is 0 Å². The van der Waals surface area contributed by atoms with Crippen LogP contribution in [-0.2, 0) is 27.3 Å². The first-order chi connectivity index (χ1) is 13.8. The first-order valence-corrected chi connectivity index (χ1v) is 7.99. The number of halogens is 3. The monoisotopic (exact) mass is 395 g/mol. The molecule has 0 bridgehead atoms. The summed E-state index contributed by atoms with van der Waals surface area (Å²) in [5, 5.41) is 11.4. The molecule has 9 heteroatoms. The fourth-order valence-corrected chi connectivity index (χ4v) is 2.34. The van der Waals surface area contributed by atoms with Crippen molar-refractivity contribution in [1.29, 1.82) is 1.43 Å². The van der Waals surface area contributed by atoms with Gasteiger partial charge in [0.15, 0.2) is 5.71 Å². The number of carbonyl (C=O) groups is 1. The SMILES string of the molecule is [2H]OC(=O)C(=NOC)c1ccccc1CON=C(C)c1cccc(C(F)(F)F)c1. The minimum Gasteiger partial charge on any atom is -0.476 e. The van der Waals surface area contributed by atoms with Crippen LogP contribution in [0, 0.1) is 0 Å². The minimum absolute atomic E-state index is 0.111. The summed E-state index contributed by atoms with van der Waals surface area (Å²) in [6.07, 6.45) is -4.46. The second-order valence-electron chi connectivity index (χ2n) is 5.60. The van der Waals surface area contributed by atoms with Crippen LogP contribution < -0.4 is 0 Å². The number of hydrogen-bond donors (Lipinski definition) is 1. The first kappa shape index (κ1) is 19.4. The molecule has 28 heavy (non-hydrogen) atoms. The van der Waals surface area contributed by atoms with Crippen LogP contribution in [0.15, 0.2) is 58.8 Å². The van der Waals surface area contributed by atoms with Crippen molar-refractivity contribution in [3.8, 4) is 0 Å². The maximum absolute atomic E-state index is 12.8. The highest BCUT2D eigenvalue weighted by atomic mass is 19.4. The molecule has 0 saturated carbocycles. The summed E-state index contributed by atoms with van der Waals surface area (Å²) in [6, 6.07) is 11.2. The predicted molar refractivity (Wildman–Crippen MR) is 96.1 cm³/mol. The lowest BCUT2D eigenvalue weighted by molar-refractivity contribution is -0.137. The molecule has 148 valence electrons. The van der Waals surface area contributed by atoms with Gasteiger partial charge in [-0.2, -0.15) is 13.2 Å².